The molecular weight excluding hydrogens is 224 g/mol. The Labute approximate surface area is 110 Å². The fourth-order valence-corrected chi connectivity index (χ4v) is 3.56. The Hall–Kier alpha value is -0.570. The Balaban J connectivity index is 1.53. The summed E-state index contributed by atoms with van der Waals surface area (Å²) >= 11 is 0. The highest BCUT2D eigenvalue weighted by Gasteiger charge is 2.43. The zero-order valence-corrected chi connectivity index (χ0v) is 11.5. The van der Waals surface area contributed by atoms with Crippen LogP contribution in [0.5, 0.6) is 0 Å². The standard InChI is InChI=1S/C15H26N2O/c1-2-15(7-8-16-10-15)14(18)17-9-13(11-3-4-11)12-5-6-12/h11-13,16H,2-10H2,1H3,(H,17,18). The van der Waals surface area contributed by atoms with E-state index in [1.807, 2.05) is 0 Å². The molecule has 3 fully saturated rings. The van der Waals surface area contributed by atoms with Crippen LogP contribution in [0.15, 0.2) is 0 Å². The molecule has 0 aromatic rings. The van der Waals surface area contributed by atoms with Gasteiger partial charge in [0.15, 0.2) is 0 Å². The van der Waals surface area contributed by atoms with E-state index in [4.69, 9.17) is 0 Å². The second kappa shape index (κ2) is 4.84. The molecule has 18 heavy (non-hydrogen) atoms. The summed E-state index contributed by atoms with van der Waals surface area (Å²) in [5.74, 6) is 2.95. The summed E-state index contributed by atoms with van der Waals surface area (Å²) in [6.45, 7) is 4.95. The lowest BCUT2D eigenvalue weighted by Gasteiger charge is -2.27. The van der Waals surface area contributed by atoms with Gasteiger partial charge in [-0.25, -0.2) is 0 Å². The zero-order valence-electron chi connectivity index (χ0n) is 11.5. The molecule has 102 valence electrons. The molecule has 1 amide bonds. The monoisotopic (exact) mass is 250 g/mol. The van der Waals surface area contributed by atoms with E-state index >= 15 is 0 Å². The molecule has 2 aliphatic carbocycles. The highest BCUT2D eigenvalue weighted by atomic mass is 16.2. The molecule has 2 N–H and O–H groups in total. The van der Waals surface area contributed by atoms with Crippen molar-refractivity contribution in [3.8, 4) is 0 Å². The number of hydrogen-bond donors (Lipinski definition) is 2. The van der Waals surface area contributed by atoms with Gasteiger partial charge in [-0.3, -0.25) is 4.79 Å². The smallest absolute Gasteiger partial charge is 0.227 e. The van der Waals surface area contributed by atoms with Crippen LogP contribution < -0.4 is 10.6 Å². The van der Waals surface area contributed by atoms with Crippen molar-refractivity contribution in [3.05, 3.63) is 0 Å². The molecule has 3 nitrogen and oxygen atoms in total. The van der Waals surface area contributed by atoms with Crippen LogP contribution in [-0.2, 0) is 4.79 Å². The first-order chi connectivity index (χ1) is 8.75. The van der Waals surface area contributed by atoms with Gasteiger partial charge in [-0.1, -0.05) is 6.92 Å². The SMILES string of the molecule is CCC1(C(=O)NCC(C2CC2)C2CC2)CCNC1. The van der Waals surface area contributed by atoms with Gasteiger partial charge in [-0.2, -0.15) is 0 Å². The van der Waals surface area contributed by atoms with Gasteiger partial charge in [0.1, 0.15) is 0 Å². The molecule has 3 rings (SSSR count). The van der Waals surface area contributed by atoms with Crippen LogP contribution in [0.1, 0.15) is 45.4 Å². The molecule has 0 spiro atoms. The Kier molecular flexibility index (Phi) is 3.35. The average molecular weight is 250 g/mol. The molecule has 0 radical (unpaired) electrons. The van der Waals surface area contributed by atoms with Gasteiger partial charge in [0.25, 0.3) is 0 Å². The summed E-state index contributed by atoms with van der Waals surface area (Å²) < 4.78 is 0. The van der Waals surface area contributed by atoms with Crippen molar-refractivity contribution < 1.29 is 4.79 Å². The van der Waals surface area contributed by atoms with Gasteiger partial charge in [-0.15, -0.1) is 0 Å². The highest BCUT2D eigenvalue weighted by molar-refractivity contribution is 5.83. The van der Waals surface area contributed by atoms with E-state index in [0.29, 0.717) is 5.91 Å². The number of amides is 1. The van der Waals surface area contributed by atoms with E-state index in [0.717, 1.165) is 50.2 Å². The molecule has 1 unspecified atom stereocenters. The van der Waals surface area contributed by atoms with Crippen molar-refractivity contribution in [1.82, 2.24) is 10.6 Å². The van der Waals surface area contributed by atoms with Gasteiger partial charge in [-0.05, 0) is 62.8 Å². The number of nitrogens with one attached hydrogen (secondary N) is 2. The molecule has 3 aliphatic rings. The normalized spacial score (nSPS) is 31.9. The second-order valence-corrected chi connectivity index (χ2v) is 6.61. The minimum atomic E-state index is -0.113. The molecule has 0 aromatic heterocycles. The molecule has 1 heterocycles. The number of hydrogen-bond acceptors (Lipinski definition) is 2. The van der Waals surface area contributed by atoms with Crippen LogP contribution in [0.2, 0.25) is 0 Å². The molecule has 1 aliphatic heterocycles. The first-order valence-electron chi connectivity index (χ1n) is 7.74. The summed E-state index contributed by atoms with van der Waals surface area (Å²) in [7, 11) is 0. The van der Waals surface area contributed by atoms with Crippen LogP contribution in [0.25, 0.3) is 0 Å². The van der Waals surface area contributed by atoms with E-state index in [1.54, 1.807) is 0 Å². The Morgan fingerprint density at radius 3 is 2.44 bits per heavy atom. The largest absolute Gasteiger partial charge is 0.355 e. The molecule has 1 atom stereocenters. The van der Waals surface area contributed by atoms with E-state index in [-0.39, 0.29) is 5.41 Å². The molecular formula is C15H26N2O. The van der Waals surface area contributed by atoms with Gasteiger partial charge < -0.3 is 10.6 Å². The summed E-state index contributed by atoms with van der Waals surface area (Å²) in [5, 5.41) is 6.62. The molecule has 1 saturated heterocycles. The van der Waals surface area contributed by atoms with Crippen LogP contribution in [0, 0.1) is 23.2 Å². The molecule has 0 aromatic carbocycles. The second-order valence-electron chi connectivity index (χ2n) is 6.61. The summed E-state index contributed by atoms with van der Waals surface area (Å²) in [5.41, 5.74) is -0.113. The maximum absolute atomic E-state index is 12.4. The Bertz CT molecular complexity index is 302. The minimum Gasteiger partial charge on any atom is -0.355 e. The lowest BCUT2D eigenvalue weighted by atomic mass is 9.83. The maximum Gasteiger partial charge on any atom is 0.227 e. The van der Waals surface area contributed by atoms with E-state index in [9.17, 15) is 4.79 Å². The lowest BCUT2D eigenvalue weighted by molar-refractivity contribution is -0.130. The van der Waals surface area contributed by atoms with Crippen molar-refractivity contribution in [2.45, 2.75) is 45.4 Å². The summed E-state index contributed by atoms with van der Waals surface area (Å²) in [6.07, 6.45) is 7.57. The third-order valence-electron chi connectivity index (χ3n) is 5.36. The molecule has 0 bridgehead atoms. The topological polar surface area (TPSA) is 41.1 Å². The fraction of sp³-hybridized carbons (Fsp3) is 0.933. The van der Waals surface area contributed by atoms with E-state index in [1.165, 1.54) is 25.7 Å². The van der Waals surface area contributed by atoms with Crippen LogP contribution in [0.4, 0.5) is 0 Å². The number of carbonyl (C=O) groups is 1. The van der Waals surface area contributed by atoms with Crippen molar-refractivity contribution in [3.63, 3.8) is 0 Å². The summed E-state index contributed by atoms with van der Waals surface area (Å²) in [6, 6.07) is 0. The van der Waals surface area contributed by atoms with Gasteiger partial charge >= 0.3 is 0 Å². The predicted molar refractivity (Wildman–Crippen MR) is 72.2 cm³/mol. The third kappa shape index (κ3) is 2.42. The van der Waals surface area contributed by atoms with Crippen LogP contribution in [-0.4, -0.2) is 25.5 Å². The number of carbonyl (C=O) groups excluding carboxylic acids is 1. The average Bonchev–Trinajstić information content (AvgIpc) is 3.30. The highest BCUT2D eigenvalue weighted by Crippen LogP contribution is 2.48. The van der Waals surface area contributed by atoms with Crippen molar-refractivity contribution in [2.75, 3.05) is 19.6 Å². The minimum absolute atomic E-state index is 0.113. The lowest BCUT2D eigenvalue weighted by Crippen LogP contribution is -2.44. The fourth-order valence-electron chi connectivity index (χ4n) is 3.56. The number of rotatable bonds is 6. The van der Waals surface area contributed by atoms with E-state index < -0.39 is 0 Å². The Morgan fingerprint density at radius 1 is 1.33 bits per heavy atom. The van der Waals surface area contributed by atoms with Gasteiger partial charge in [0, 0.05) is 13.1 Å². The molecule has 3 heteroatoms. The van der Waals surface area contributed by atoms with Crippen LogP contribution in [0.3, 0.4) is 0 Å². The predicted octanol–water partition coefficient (Wildman–Crippen LogP) is 1.93. The maximum atomic E-state index is 12.4. The third-order valence-corrected chi connectivity index (χ3v) is 5.36. The first kappa shape index (κ1) is 12.5. The van der Waals surface area contributed by atoms with Crippen molar-refractivity contribution in [2.24, 2.45) is 23.2 Å². The quantitative estimate of drug-likeness (QED) is 0.756. The van der Waals surface area contributed by atoms with Crippen molar-refractivity contribution >= 4 is 5.91 Å². The zero-order chi connectivity index (χ0) is 12.6. The van der Waals surface area contributed by atoms with Gasteiger partial charge in [0.2, 0.25) is 5.91 Å². The molecule has 2 saturated carbocycles. The van der Waals surface area contributed by atoms with E-state index in [2.05, 4.69) is 17.6 Å². The Morgan fingerprint density at radius 2 is 2.00 bits per heavy atom. The van der Waals surface area contributed by atoms with Crippen molar-refractivity contribution in [1.29, 1.82) is 0 Å². The van der Waals surface area contributed by atoms with Crippen LogP contribution >= 0.6 is 0 Å². The first-order valence-corrected chi connectivity index (χ1v) is 7.74. The van der Waals surface area contributed by atoms with Gasteiger partial charge in [0.05, 0.1) is 5.41 Å². The summed E-state index contributed by atoms with van der Waals surface area (Å²) in [4.78, 5) is 12.4.